The van der Waals surface area contributed by atoms with E-state index in [1.807, 2.05) is 41.3 Å². The molecule has 4 nitrogen and oxygen atoms in total. The van der Waals surface area contributed by atoms with Crippen molar-refractivity contribution in [3.05, 3.63) is 66.2 Å². The van der Waals surface area contributed by atoms with Crippen LogP contribution in [0.25, 0.3) is 0 Å². The van der Waals surface area contributed by atoms with Crippen LogP contribution in [0.15, 0.2) is 65.6 Å². The molecule has 5 heteroatoms. The molecule has 126 valence electrons. The van der Waals surface area contributed by atoms with Crippen LogP contribution >= 0.6 is 11.8 Å². The lowest BCUT2D eigenvalue weighted by atomic mass is 10.1. The largest absolute Gasteiger partial charge is 0.336 e. The minimum atomic E-state index is -0.0844. The number of hydroxylamine groups is 1. The zero-order valence-electron chi connectivity index (χ0n) is 13.7. The molecule has 2 aromatic rings. The average Bonchev–Trinajstić information content (AvgIpc) is 2.90. The Bertz CT molecular complexity index is 651. The number of likely N-dealkylation sites (tertiary alicyclic amines) is 1. The fraction of sp³-hybridized carbons (Fsp3) is 0.316. The lowest BCUT2D eigenvalue weighted by Crippen LogP contribution is -2.36. The van der Waals surface area contributed by atoms with E-state index >= 15 is 0 Å². The summed E-state index contributed by atoms with van der Waals surface area (Å²) in [5, 5.41) is 0. The topological polar surface area (TPSA) is 41.6 Å². The van der Waals surface area contributed by atoms with Crippen molar-refractivity contribution in [2.45, 2.75) is 17.5 Å². The van der Waals surface area contributed by atoms with Crippen LogP contribution in [-0.2, 0) is 16.2 Å². The molecule has 0 aliphatic carbocycles. The van der Waals surface area contributed by atoms with Crippen LogP contribution in [0.5, 0.6) is 0 Å². The normalized spacial score (nSPS) is 20.5. The van der Waals surface area contributed by atoms with Gasteiger partial charge in [0.1, 0.15) is 0 Å². The summed E-state index contributed by atoms with van der Waals surface area (Å²) >= 11 is 1.72. The zero-order chi connectivity index (χ0) is 16.8. The van der Waals surface area contributed by atoms with Gasteiger partial charge < -0.3 is 9.74 Å². The highest BCUT2D eigenvalue weighted by Crippen LogP contribution is 2.28. The van der Waals surface area contributed by atoms with Gasteiger partial charge in [0.15, 0.2) is 0 Å². The molecule has 1 fully saturated rings. The fourth-order valence-corrected chi connectivity index (χ4v) is 4.06. The highest BCUT2D eigenvalue weighted by atomic mass is 32.2. The monoisotopic (exact) mass is 342 g/mol. The Hall–Kier alpha value is -1.82. The van der Waals surface area contributed by atoms with Gasteiger partial charge in [0, 0.05) is 23.7 Å². The van der Waals surface area contributed by atoms with Gasteiger partial charge in [-0.3, -0.25) is 4.79 Å². The number of hydrogen-bond acceptors (Lipinski definition) is 4. The van der Waals surface area contributed by atoms with Crippen molar-refractivity contribution in [2.24, 2.45) is 5.92 Å². The maximum absolute atomic E-state index is 12.8. The van der Waals surface area contributed by atoms with Gasteiger partial charge in [-0.2, -0.15) is 5.48 Å². The molecular weight excluding hydrogens is 320 g/mol. The van der Waals surface area contributed by atoms with Crippen molar-refractivity contribution in [2.75, 3.05) is 19.4 Å². The summed E-state index contributed by atoms with van der Waals surface area (Å²) in [5.41, 5.74) is 4.15. The van der Waals surface area contributed by atoms with Crippen molar-refractivity contribution in [1.82, 2.24) is 10.4 Å². The van der Waals surface area contributed by atoms with Crippen molar-refractivity contribution in [1.29, 1.82) is 0 Å². The second kappa shape index (κ2) is 8.33. The van der Waals surface area contributed by atoms with E-state index in [2.05, 4.69) is 29.7 Å². The van der Waals surface area contributed by atoms with Gasteiger partial charge in [0.05, 0.1) is 19.1 Å². The first kappa shape index (κ1) is 17.0. The van der Waals surface area contributed by atoms with Crippen molar-refractivity contribution in [3.8, 4) is 0 Å². The number of carbonyl (C=O) groups excluding carboxylic acids is 1. The molecule has 0 bridgehead atoms. The van der Waals surface area contributed by atoms with Crippen LogP contribution in [0.4, 0.5) is 0 Å². The lowest BCUT2D eigenvalue weighted by molar-refractivity contribution is -0.131. The van der Waals surface area contributed by atoms with Crippen LogP contribution in [0.1, 0.15) is 5.56 Å². The molecule has 2 aromatic carbocycles. The summed E-state index contributed by atoms with van der Waals surface area (Å²) < 4.78 is 0. The SMILES string of the molecule is CON[C@H]1CN(Cc2ccccc2)C(=O)[C@@H]1CSc1ccccc1. The third-order valence-electron chi connectivity index (χ3n) is 4.19. The zero-order valence-corrected chi connectivity index (χ0v) is 14.5. The summed E-state index contributed by atoms with van der Waals surface area (Å²) in [6, 6.07) is 20.3. The highest BCUT2D eigenvalue weighted by Gasteiger charge is 2.40. The minimum Gasteiger partial charge on any atom is -0.336 e. The first-order valence-electron chi connectivity index (χ1n) is 8.07. The summed E-state index contributed by atoms with van der Waals surface area (Å²) in [6.07, 6.45) is 0. The Kier molecular flexibility index (Phi) is 5.91. The Morgan fingerprint density at radius 3 is 2.46 bits per heavy atom. The number of nitrogens with zero attached hydrogens (tertiary/aromatic N) is 1. The third kappa shape index (κ3) is 4.17. The van der Waals surface area contributed by atoms with Crippen molar-refractivity contribution >= 4 is 17.7 Å². The predicted octanol–water partition coefficient (Wildman–Crippen LogP) is 2.96. The minimum absolute atomic E-state index is 0.0161. The molecule has 1 amide bonds. The van der Waals surface area contributed by atoms with E-state index < -0.39 is 0 Å². The molecule has 3 rings (SSSR count). The second-order valence-corrected chi connectivity index (χ2v) is 6.96. The first-order chi connectivity index (χ1) is 11.8. The van der Waals surface area contributed by atoms with E-state index in [4.69, 9.17) is 4.84 Å². The highest BCUT2D eigenvalue weighted by molar-refractivity contribution is 7.99. The molecule has 0 unspecified atom stereocenters. The van der Waals surface area contributed by atoms with Gasteiger partial charge in [-0.05, 0) is 17.7 Å². The molecule has 1 heterocycles. The summed E-state index contributed by atoms with van der Waals surface area (Å²) in [7, 11) is 1.60. The number of hydrogen-bond donors (Lipinski definition) is 1. The Morgan fingerprint density at radius 1 is 1.12 bits per heavy atom. The van der Waals surface area contributed by atoms with Gasteiger partial charge >= 0.3 is 0 Å². The van der Waals surface area contributed by atoms with Crippen LogP contribution in [0, 0.1) is 5.92 Å². The van der Waals surface area contributed by atoms with Gasteiger partial charge in [-0.15, -0.1) is 11.8 Å². The fourth-order valence-electron chi connectivity index (χ4n) is 2.97. The van der Waals surface area contributed by atoms with Gasteiger partial charge in [0.25, 0.3) is 0 Å². The van der Waals surface area contributed by atoms with Crippen LogP contribution in [0.3, 0.4) is 0 Å². The molecule has 24 heavy (non-hydrogen) atoms. The van der Waals surface area contributed by atoms with E-state index in [9.17, 15) is 4.79 Å². The maximum atomic E-state index is 12.8. The Balaban J connectivity index is 1.66. The van der Waals surface area contributed by atoms with Gasteiger partial charge in [0.2, 0.25) is 5.91 Å². The maximum Gasteiger partial charge on any atom is 0.228 e. The first-order valence-corrected chi connectivity index (χ1v) is 9.05. The second-order valence-electron chi connectivity index (χ2n) is 5.86. The number of thioether (sulfide) groups is 1. The summed E-state index contributed by atoms with van der Waals surface area (Å²) in [5.74, 6) is 0.852. The Morgan fingerprint density at radius 2 is 1.79 bits per heavy atom. The number of rotatable bonds is 7. The quantitative estimate of drug-likeness (QED) is 0.620. The van der Waals surface area contributed by atoms with Crippen LogP contribution in [-0.4, -0.2) is 36.3 Å². The van der Waals surface area contributed by atoms with E-state index in [0.717, 1.165) is 11.3 Å². The smallest absolute Gasteiger partial charge is 0.228 e. The number of carbonyl (C=O) groups is 1. The summed E-state index contributed by atoms with van der Waals surface area (Å²) in [6.45, 7) is 1.32. The van der Waals surface area contributed by atoms with Gasteiger partial charge in [-0.1, -0.05) is 48.5 Å². The van der Waals surface area contributed by atoms with Crippen molar-refractivity contribution < 1.29 is 9.63 Å². The molecule has 2 atom stereocenters. The van der Waals surface area contributed by atoms with E-state index in [0.29, 0.717) is 13.1 Å². The molecule has 1 N–H and O–H groups in total. The Labute approximate surface area is 147 Å². The molecule has 0 aromatic heterocycles. The van der Waals surface area contributed by atoms with Gasteiger partial charge in [-0.25, -0.2) is 0 Å². The van der Waals surface area contributed by atoms with Crippen molar-refractivity contribution in [3.63, 3.8) is 0 Å². The van der Waals surface area contributed by atoms with Crippen LogP contribution < -0.4 is 5.48 Å². The van der Waals surface area contributed by atoms with E-state index in [1.54, 1.807) is 18.9 Å². The molecule has 1 saturated heterocycles. The van der Waals surface area contributed by atoms with E-state index in [1.165, 1.54) is 4.90 Å². The molecule has 0 spiro atoms. The number of nitrogens with one attached hydrogen (secondary N) is 1. The average molecular weight is 342 g/mol. The summed E-state index contributed by atoms with van der Waals surface area (Å²) in [4.78, 5) is 21.1. The van der Waals surface area contributed by atoms with Crippen LogP contribution in [0.2, 0.25) is 0 Å². The molecule has 0 saturated carbocycles. The molecular formula is C19H22N2O2S. The standard InChI is InChI=1S/C19H22N2O2S/c1-23-20-18-13-21(12-15-8-4-2-5-9-15)19(22)17(18)14-24-16-10-6-3-7-11-16/h2-11,17-18,20H,12-14H2,1H3/t17-,18+/m1/s1. The van der Waals surface area contributed by atoms with E-state index in [-0.39, 0.29) is 17.9 Å². The third-order valence-corrected chi connectivity index (χ3v) is 5.32. The predicted molar refractivity (Wildman–Crippen MR) is 96.4 cm³/mol. The molecule has 1 aliphatic heterocycles. The lowest BCUT2D eigenvalue weighted by Gasteiger charge is -2.16. The number of amides is 1. The molecule has 0 radical (unpaired) electrons. The number of benzene rings is 2. The molecule has 1 aliphatic rings.